The Bertz CT molecular complexity index is 1010. The Balaban J connectivity index is 1.62. The molecule has 1 atom stereocenters. The number of carbonyl (C=O) groups is 1. The third-order valence-corrected chi connectivity index (χ3v) is 5.95. The Kier molecular flexibility index (Phi) is 3.69. The molecule has 1 aromatic heterocycles. The average molecular weight is 376 g/mol. The monoisotopic (exact) mass is 376 g/mol. The van der Waals surface area contributed by atoms with Crippen LogP contribution in [-0.2, 0) is 41.3 Å². The number of nitrogens with zero attached hydrogens (tertiary/aromatic N) is 4. The average Bonchev–Trinajstić information content (AvgIpc) is 2.93. The van der Waals surface area contributed by atoms with Crippen molar-refractivity contribution in [1.29, 1.82) is 0 Å². The first kappa shape index (κ1) is 17.1. The number of benzene rings is 1. The predicted molar refractivity (Wildman–Crippen MR) is 94.9 cm³/mol. The van der Waals surface area contributed by atoms with E-state index in [-0.39, 0.29) is 5.03 Å². The fraction of sp³-hybridized carbons (Fsp3) is 0.438. The van der Waals surface area contributed by atoms with E-state index in [9.17, 15) is 14.1 Å². The Morgan fingerprint density at radius 1 is 1.31 bits per heavy atom. The van der Waals surface area contributed by atoms with E-state index in [1.165, 1.54) is 25.0 Å². The molecule has 0 bridgehead atoms. The minimum Gasteiger partial charge on any atom is -0.368 e. The van der Waals surface area contributed by atoms with Gasteiger partial charge in [0.05, 0.1) is 6.20 Å². The van der Waals surface area contributed by atoms with Crippen molar-refractivity contribution in [3.8, 4) is 0 Å². The van der Waals surface area contributed by atoms with Gasteiger partial charge in [-0.05, 0) is 61.8 Å². The molecule has 0 radical (unpaired) electrons. The number of aliphatic hydroxyl groups is 1. The van der Waals surface area contributed by atoms with Crippen molar-refractivity contribution in [1.82, 2.24) is 15.0 Å². The number of amides is 2. The largest absolute Gasteiger partial charge is 0.368 e. The van der Waals surface area contributed by atoms with E-state index in [4.69, 9.17) is 5.14 Å². The van der Waals surface area contributed by atoms with E-state index in [1.807, 2.05) is 0 Å². The van der Waals surface area contributed by atoms with Crippen molar-refractivity contribution in [3.05, 3.63) is 34.5 Å². The highest BCUT2D eigenvalue weighted by atomic mass is 32.2. The maximum atomic E-state index is 12.6. The van der Waals surface area contributed by atoms with Crippen molar-refractivity contribution in [2.24, 2.45) is 9.50 Å². The molecule has 2 amide bonds. The Morgan fingerprint density at radius 2 is 1.92 bits per heavy atom. The first-order valence-electron chi connectivity index (χ1n) is 8.33. The van der Waals surface area contributed by atoms with Gasteiger partial charge in [0.25, 0.3) is 0 Å². The van der Waals surface area contributed by atoms with Crippen LogP contribution in [0.4, 0.5) is 10.5 Å². The van der Waals surface area contributed by atoms with E-state index < -0.39 is 21.7 Å². The van der Waals surface area contributed by atoms with E-state index >= 15 is 0 Å². The summed E-state index contributed by atoms with van der Waals surface area (Å²) in [5.74, 6) is 0. The summed E-state index contributed by atoms with van der Waals surface area (Å²) >= 11 is 0. The number of carbonyl (C=O) groups excluding carboxylic acids is 1. The minimum absolute atomic E-state index is 0.163. The number of hydrogen-bond acceptors (Lipinski definition) is 5. The zero-order valence-corrected chi connectivity index (χ0v) is 15.3. The highest BCUT2D eigenvalue weighted by Crippen LogP contribution is 2.40. The van der Waals surface area contributed by atoms with Gasteiger partial charge in [0, 0.05) is 5.69 Å². The summed E-state index contributed by atoms with van der Waals surface area (Å²) in [5, 5.41) is 25.9. The number of rotatable bonds is 3. The Hall–Kier alpha value is -2.30. The summed E-state index contributed by atoms with van der Waals surface area (Å²) in [5.41, 5.74) is 4.16. The van der Waals surface area contributed by atoms with Gasteiger partial charge in [-0.25, -0.2) is 14.1 Å². The zero-order chi connectivity index (χ0) is 18.7. The lowest BCUT2D eigenvalue weighted by atomic mass is 9.76. The normalized spacial score (nSPS) is 17.2. The summed E-state index contributed by atoms with van der Waals surface area (Å²) in [6.45, 7) is 2.92. The molecule has 0 fully saturated rings. The van der Waals surface area contributed by atoms with Crippen LogP contribution < -0.4 is 10.5 Å². The molecule has 1 unspecified atom stereocenters. The van der Waals surface area contributed by atoms with E-state index in [0.29, 0.717) is 0 Å². The lowest BCUT2D eigenvalue weighted by molar-refractivity contribution is -0.0247. The molecule has 2 aliphatic carbocycles. The van der Waals surface area contributed by atoms with Gasteiger partial charge in [0.2, 0.25) is 0 Å². The van der Waals surface area contributed by atoms with Crippen molar-refractivity contribution in [2.75, 3.05) is 5.32 Å². The van der Waals surface area contributed by atoms with Crippen molar-refractivity contribution in [2.45, 2.75) is 50.3 Å². The van der Waals surface area contributed by atoms with Gasteiger partial charge in [-0.15, -0.1) is 9.46 Å². The Morgan fingerprint density at radius 3 is 2.38 bits per heavy atom. The smallest absolute Gasteiger partial charge is 0.354 e. The molecule has 4 rings (SSSR count). The zero-order valence-electron chi connectivity index (χ0n) is 14.5. The molecule has 2 aliphatic rings. The van der Waals surface area contributed by atoms with Crippen LogP contribution in [0, 0.1) is 0 Å². The van der Waals surface area contributed by atoms with Crippen LogP contribution in [0.5, 0.6) is 0 Å². The molecule has 0 spiro atoms. The molecule has 138 valence electrons. The molecule has 2 aromatic rings. The van der Waals surface area contributed by atoms with Crippen molar-refractivity contribution < 1.29 is 14.1 Å². The van der Waals surface area contributed by atoms with Gasteiger partial charge in [0.1, 0.15) is 0 Å². The first-order chi connectivity index (χ1) is 12.1. The number of aryl methyl sites for hydroxylation is 2. The molecule has 4 N–H and O–H groups in total. The standard InChI is InChI=1S/C16H20N6O3S/c1-16(2,24)22-18-8-13(20-22)26(17,25)21-15(23)19-14-11-5-3-9(11)7-10-4-6-12(10)14/h7-8,24H,3-6H2,1-2H3,(H3,17,19,21,23,25). The SMILES string of the molecule is CC(C)(O)n1ncc(S(N)(=O)=NC(=O)Nc2c3c(cc4c2CC4)CC3)n1. The number of nitrogens with one attached hydrogen (secondary N) is 1. The number of nitrogens with two attached hydrogens (primary N) is 1. The first-order valence-corrected chi connectivity index (χ1v) is 9.90. The summed E-state index contributed by atoms with van der Waals surface area (Å²) in [6.07, 6.45) is 4.98. The molecule has 0 saturated heterocycles. The summed E-state index contributed by atoms with van der Waals surface area (Å²) in [7, 11) is -3.57. The molecule has 9 nitrogen and oxygen atoms in total. The van der Waals surface area contributed by atoms with Crippen LogP contribution in [0.2, 0.25) is 0 Å². The highest BCUT2D eigenvalue weighted by Gasteiger charge is 2.28. The molecule has 26 heavy (non-hydrogen) atoms. The fourth-order valence-corrected chi connectivity index (χ4v) is 3.95. The van der Waals surface area contributed by atoms with Crippen molar-refractivity contribution >= 4 is 21.6 Å². The fourth-order valence-electron chi connectivity index (χ4n) is 3.17. The van der Waals surface area contributed by atoms with E-state index in [2.05, 4.69) is 25.9 Å². The van der Waals surface area contributed by atoms with Gasteiger partial charge >= 0.3 is 6.03 Å². The molecule has 0 aliphatic heterocycles. The molecule has 10 heteroatoms. The predicted octanol–water partition coefficient (Wildman–Crippen LogP) is 1.09. The summed E-state index contributed by atoms with van der Waals surface area (Å²) < 4.78 is 16.2. The van der Waals surface area contributed by atoms with Crippen LogP contribution in [0.25, 0.3) is 0 Å². The molecule has 1 heterocycles. The molecular weight excluding hydrogens is 356 g/mol. The lowest BCUT2D eigenvalue weighted by Gasteiger charge is -2.31. The second-order valence-corrected chi connectivity index (χ2v) is 8.82. The van der Waals surface area contributed by atoms with Crippen LogP contribution >= 0.6 is 0 Å². The maximum absolute atomic E-state index is 12.6. The summed E-state index contributed by atoms with van der Waals surface area (Å²) in [4.78, 5) is 13.3. The van der Waals surface area contributed by atoms with Crippen LogP contribution in [0.3, 0.4) is 0 Å². The van der Waals surface area contributed by atoms with E-state index in [0.717, 1.165) is 53.5 Å². The van der Waals surface area contributed by atoms with Gasteiger partial charge in [-0.1, -0.05) is 6.07 Å². The third-order valence-electron chi connectivity index (χ3n) is 4.73. The highest BCUT2D eigenvalue weighted by molar-refractivity contribution is 7.91. The van der Waals surface area contributed by atoms with Gasteiger partial charge in [-0.3, -0.25) is 0 Å². The maximum Gasteiger partial charge on any atom is 0.354 e. The lowest BCUT2D eigenvalue weighted by Crippen LogP contribution is -2.28. The topological polar surface area (TPSA) is 135 Å². The second-order valence-electron chi connectivity index (χ2n) is 7.08. The third kappa shape index (κ3) is 2.79. The van der Waals surface area contributed by atoms with Gasteiger partial charge in [0.15, 0.2) is 20.7 Å². The van der Waals surface area contributed by atoms with Crippen LogP contribution in [0.1, 0.15) is 36.1 Å². The number of hydrogen-bond donors (Lipinski definition) is 3. The number of fused-ring (bicyclic) bond motifs is 2. The summed E-state index contributed by atoms with van der Waals surface area (Å²) in [6, 6.07) is 1.43. The Labute approximate surface area is 150 Å². The number of urea groups is 1. The number of aromatic nitrogens is 3. The van der Waals surface area contributed by atoms with Gasteiger partial charge in [-0.2, -0.15) is 9.90 Å². The molecular formula is C16H20N6O3S. The molecule has 0 saturated carbocycles. The van der Waals surface area contributed by atoms with Crippen LogP contribution in [0.15, 0.2) is 21.7 Å². The second kappa shape index (κ2) is 5.60. The van der Waals surface area contributed by atoms with Crippen molar-refractivity contribution in [3.63, 3.8) is 0 Å². The minimum atomic E-state index is -3.57. The van der Waals surface area contributed by atoms with Crippen LogP contribution in [-0.4, -0.2) is 30.3 Å². The quantitative estimate of drug-likeness (QED) is 0.737. The number of anilines is 1. The van der Waals surface area contributed by atoms with E-state index in [1.54, 1.807) is 0 Å². The van der Waals surface area contributed by atoms with Gasteiger partial charge < -0.3 is 10.4 Å². The molecule has 1 aromatic carbocycles.